The van der Waals surface area contributed by atoms with E-state index in [9.17, 15) is 0 Å². The van der Waals surface area contributed by atoms with Gasteiger partial charge >= 0.3 is 0 Å². The normalized spacial score (nSPS) is 40.6. The van der Waals surface area contributed by atoms with E-state index >= 15 is 0 Å². The fraction of sp³-hybridized carbons (Fsp3) is 0.613. The Bertz CT molecular complexity index is 1140. The first-order valence-corrected chi connectivity index (χ1v) is 14.4. The fourth-order valence-corrected chi connectivity index (χ4v) is 7.73. The van der Waals surface area contributed by atoms with Gasteiger partial charge in [0.25, 0.3) is 0 Å². The Morgan fingerprint density at radius 1 is 0.921 bits per heavy atom. The van der Waals surface area contributed by atoms with E-state index in [0.717, 1.165) is 51.3 Å². The summed E-state index contributed by atoms with van der Waals surface area (Å²) in [5, 5.41) is 0. The van der Waals surface area contributed by atoms with E-state index in [1.165, 1.54) is 17.7 Å². The van der Waals surface area contributed by atoms with Gasteiger partial charge in [-0.25, -0.2) is 9.78 Å². The van der Waals surface area contributed by atoms with Crippen LogP contribution in [0.1, 0.15) is 45.6 Å². The highest BCUT2D eigenvalue weighted by molar-refractivity contribution is 5.46. The third-order valence-corrected chi connectivity index (χ3v) is 9.83. The molecule has 8 atom stereocenters. The largest absolute Gasteiger partial charge is 0.465 e. The Kier molecular flexibility index (Phi) is 6.21. The van der Waals surface area contributed by atoms with E-state index in [1.54, 1.807) is 0 Å². The Morgan fingerprint density at radius 3 is 2.55 bits per heavy atom. The highest BCUT2D eigenvalue weighted by Gasteiger charge is 2.72. The third kappa shape index (κ3) is 4.14. The van der Waals surface area contributed by atoms with Crippen molar-refractivity contribution in [1.82, 2.24) is 4.90 Å². The van der Waals surface area contributed by atoms with Crippen LogP contribution in [0.5, 0.6) is 5.75 Å². The molecule has 204 valence electrons. The molecule has 7 heteroatoms. The number of para-hydroxylation sites is 1. The Labute approximate surface area is 225 Å². The summed E-state index contributed by atoms with van der Waals surface area (Å²) in [6.45, 7) is 11.6. The van der Waals surface area contributed by atoms with E-state index < -0.39 is 17.7 Å². The number of nitrogens with zero attached hydrogens (tertiary/aromatic N) is 2. The predicted molar refractivity (Wildman–Crippen MR) is 143 cm³/mol. The maximum Gasteiger partial charge on any atom is 0.205 e. The molecule has 2 bridgehead atoms. The smallest absolute Gasteiger partial charge is 0.205 e. The van der Waals surface area contributed by atoms with Crippen molar-refractivity contribution in [3.8, 4) is 5.75 Å². The minimum Gasteiger partial charge on any atom is -0.465 e. The van der Waals surface area contributed by atoms with Gasteiger partial charge in [-0.1, -0.05) is 44.2 Å². The van der Waals surface area contributed by atoms with Crippen LogP contribution in [0.4, 0.5) is 5.69 Å². The van der Waals surface area contributed by atoms with E-state index in [1.807, 2.05) is 13.0 Å². The molecular formula is C31H40N2O5. The summed E-state index contributed by atoms with van der Waals surface area (Å²) < 4.78 is 19.5. The van der Waals surface area contributed by atoms with Crippen LogP contribution in [0.2, 0.25) is 0 Å². The van der Waals surface area contributed by atoms with Crippen molar-refractivity contribution in [2.75, 3.05) is 31.1 Å². The zero-order valence-corrected chi connectivity index (χ0v) is 22.8. The Balaban J connectivity index is 1.02. The number of ether oxygens (including phenoxy) is 3. The van der Waals surface area contributed by atoms with Crippen molar-refractivity contribution in [2.45, 2.75) is 70.5 Å². The van der Waals surface area contributed by atoms with Crippen LogP contribution >= 0.6 is 0 Å². The Hall–Kier alpha value is -2.16. The highest BCUT2D eigenvalue weighted by atomic mass is 17.3. The number of hydrogen-bond donors (Lipinski definition) is 0. The van der Waals surface area contributed by atoms with Gasteiger partial charge in [0.15, 0.2) is 11.9 Å². The SMILES string of the molecule is C[C@@H]1CCC2[C@@H](C)[C@@H](Oc3cccc(CN4CCN(c5ccccc5)CC4)c3)O[C@@H]3O[C@]4(C)CC1[C@@]23OO4. The topological polar surface area (TPSA) is 52.6 Å². The van der Waals surface area contributed by atoms with Crippen molar-refractivity contribution in [3.05, 3.63) is 60.2 Å². The number of benzene rings is 2. The molecule has 5 aliphatic heterocycles. The molecule has 0 N–H and O–H groups in total. The first kappa shape index (κ1) is 24.9. The summed E-state index contributed by atoms with van der Waals surface area (Å²) in [4.78, 5) is 17.0. The van der Waals surface area contributed by atoms with Crippen LogP contribution < -0.4 is 9.64 Å². The van der Waals surface area contributed by atoms with Crippen molar-refractivity contribution in [2.24, 2.45) is 23.7 Å². The first-order valence-electron chi connectivity index (χ1n) is 14.4. The number of fused-ring (bicyclic) bond motifs is 1. The van der Waals surface area contributed by atoms with Crippen LogP contribution in [-0.2, 0) is 25.8 Å². The zero-order valence-electron chi connectivity index (χ0n) is 22.8. The summed E-state index contributed by atoms with van der Waals surface area (Å²) in [6.07, 6.45) is 2.24. The molecule has 1 aliphatic carbocycles. The second-order valence-corrected chi connectivity index (χ2v) is 12.3. The van der Waals surface area contributed by atoms with Gasteiger partial charge in [-0.15, -0.1) is 0 Å². The number of piperazine rings is 1. The first-order chi connectivity index (χ1) is 18.4. The molecule has 1 spiro atoms. The monoisotopic (exact) mass is 520 g/mol. The van der Waals surface area contributed by atoms with Gasteiger partial charge in [0.1, 0.15) is 5.75 Å². The van der Waals surface area contributed by atoms with Crippen LogP contribution in [-0.4, -0.2) is 55.0 Å². The molecule has 7 nitrogen and oxygen atoms in total. The number of hydrogen-bond acceptors (Lipinski definition) is 7. The summed E-state index contributed by atoms with van der Waals surface area (Å²) in [7, 11) is 0. The maximum atomic E-state index is 6.56. The molecule has 2 unspecified atom stereocenters. The zero-order chi connectivity index (χ0) is 25.9. The van der Waals surface area contributed by atoms with Gasteiger partial charge in [-0.05, 0) is 55.5 Å². The van der Waals surface area contributed by atoms with Crippen molar-refractivity contribution in [1.29, 1.82) is 0 Å². The molecule has 0 amide bonds. The standard InChI is InChI=1S/C31H40N2O5/c1-21-12-13-26-22(2)28(35-29-31(26)27(21)19-30(3,36-29)37-38-31)34-25-11-7-8-23(18-25)20-32-14-16-33(17-15-32)24-9-5-4-6-10-24/h4-11,18,21-22,26-29H,12-17,19-20H2,1-3H3/t21-,22-,26?,27?,28+,29-,30+,31+/m1/s1. The quantitative estimate of drug-likeness (QED) is 0.502. The fourth-order valence-electron chi connectivity index (χ4n) is 7.73. The minimum atomic E-state index is -0.761. The molecular weight excluding hydrogens is 480 g/mol. The van der Waals surface area contributed by atoms with E-state index in [2.05, 4.69) is 72.2 Å². The second-order valence-electron chi connectivity index (χ2n) is 12.3. The lowest BCUT2D eigenvalue weighted by molar-refractivity contribution is -0.614. The molecule has 5 heterocycles. The second kappa shape index (κ2) is 9.49. The van der Waals surface area contributed by atoms with Crippen LogP contribution in [0.3, 0.4) is 0 Å². The van der Waals surface area contributed by atoms with E-state index in [0.29, 0.717) is 11.8 Å². The number of rotatable bonds is 5. The summed E-state index contributed by atoms with van der Waals surface area (Å²) in [5.41, 5.74) is 2.03. The molecule has 38 heavy (non-hydrogen) atoms. The average molecular weight is 521 g/mol. The van der Waals surface area contributed by atoms with Crippen LogP contribution in [0, 0.1) is 23.7 Å². The lowest BCUT2D eigenvalue weighted by Gasteiger charge is -2.66. The summed E-state index contributed by atoms with van der Waals surface area (Å²) >= 11 is 0. The lowest BCUT2D eigenvalue weighted by atomic mass is 9.56. The molecule has 6 fully saturated rings. The van der Waals surface area contributed by atoms with E-state index in [-0.39, 0.29) is 18.1 Å². The van der Waals surface area contributed by atoms with Gasteiger partial charge in [0.2, 0.25) is 12.1 Å². The molecule has 8 rings (SSSR count). The molecule has 0 aromatic heterocycles. The molecule has 0 radical (unpaired) electrons. The highest BCUT2D eigenvalue weighted by Crippen LogP contribution is 2.62. The molecule has 1 saturated carbocycles. The molecule has 5 saturated heterocycles. The van der Waals surface area contributed by atoms with Crippen molar-refractivity contribution < 1.29 is 24.0 Å². The van der Waals surface area contributed by atoms with Crippen LogP contribution in [0.25, 0.3) is 0 Å². The summed E-state index contributed by atoms with van der Waals surface area (Å²) in [5.74, 6) is 1.44. The van der Waals surface area contributed by atoms with Gasteiger partial charge in [0.05, 0.1) is 0 Å². The van der Waals surface area contributed by atoms with Gasteiger partial charge in [-0.3, -0.25) is 4.90 Å². The average Bonchev–Trinajstić information content (AvgIpc) is 2.93. The maximum absolute atomic E-state index is 6.56. The van der Waals surface area contributed by atoms with Gasteiger partial charge in [-0.2, -0.15) is 0 Å². The van der Waals surface area contributed by atoms with Gasteiger partial charge < -0.3 is 19.1 Å². The molecule has 2 aromatic carbocycles. The lowest BCUT2D eigenvalue weighted by Crippen LogP contribution is -2.76. The van der Waals surface area contributed by atoms with Crippen molar-refractivity contribution >= 4 is 5.69 Å². The van der Waals surface area contributed by atoms with Crippen molar-refractivity contribution in [3.63, 3.8) is 0 Å². The van der Waals surface area contributed by atoms with Gasteiger partial charge in [0, 0.05) is 62.6 Å². The predicted octanol–water partition coefficient (Wildman–Crippen LogP) is 5.21. The number of anilines is 1. The van der Waals surface area contributed by atoms with E-state index in [4.69, 9.17) is 24.0 Å². The third-order valence-electron chi connectivity index (χ3n) is 9.83. The van der Waals surface area contributed by atoms with Crippen LogP contribution in [0.15, 0.2) is 54.6 Å². The molecule has 6 aliphatic rings. The summed E-state index contributed by atoms with van der Waals surface area (Å²) in [6, 6.07) is 19.2. The minimum absolute atomic E-state index is 0.158. The molecule has 2 aromatic rings. The Morgan fingerprint density at radius 2 is 1.74 bits per heavy atom.